The minimum Gasteiger partial charge on any atom is -0.366 e. The zero-order valence-corrected chi connectivity index (χ0v) is 19.0. The predicted molar refractivity (Wildman–Crippen MR) is 128 cm³/mol. The Morgan fingerprint density at radius 1 is 0.897 bits per heavy atom. The van der Waals surface area contributed by atoms with Gasteiger partial charge < -0.3 is 9.88 Å². The molecule has 0 bridgehead atoms. The van der Waals surface area contributed by atoms with Crippen LogP contribution in [0.2, 0.25) is 18.6 Å². The van der Waals surface area contributed by atoms with Crippen molar-refractivity contribution < 1.29 is 0 Å². The minimum atomic E-state index is -1.90. The van der Waals surface area contributed by atoms with Crippen LogP contribution >= 0.6 is 0 Å². The first-order valence-corrected chi connectivity index (χ1v) is 14.1. The summed E-state index contributed by atoms with van der Waals surface area (Å²) < 4.78 is 2.77. The summed E-state index contributed by atoms with van der Waals surface area (Å²) in [5.74, 6) is 2.86. The fourth-order valence-electron chi connectivity index (χ4n) is 6.31. The van der Waals surface area contributed by atoms with Gasteiger partial charge in [-0.3, -0.25) is 0 Å². The van der Waals surface area contributed by atoms with Gasteiger partial charge in [-0.15, -0.1) is 0 Å². The highest BCUT2D eigenvalue weighted by Gasteiger charge is 2.54. The molecule has 2 aromatic carbocycles. The smallest absolute Gasteiger partial charge is 0.160 e. The van der Waals surface area contributed by atoms with Gasteiger partial charge in [0, 0.05) is 0 Å². The van der Waals surface area contributed by atoms with Gasteiger partial charge in [0.25, 0.3) is 0 Å². The summed E-state index contributed by atoms with van der Waals surface area (Å²) in [6.45, 7) is 10.1. The number of hydrogen-bond acceptors (Lipinski definition) is 2. The van der Waals surface area contributed by atoms with E-state index in [1.165, 1.54) is 29.2 Å². The van der Waals surface area contributed by atoms with E-state index in [1.54, 1.807) is 0 Å². The highest BCUT2D eigenvalue weighted by Crippen LogP contribution is 2.59. The van der Waals surface area contributed by atoms with Gasteiger partial charge in [-0.2, -0.15) is 0 Å². The SMILES string of the molecule is CC(C)[C@@H]1C[C@@H]2C=CC=C[C@@H]2C1[Si](C)(C)N1c2ccccc2Nc2ccccc21. The molecule has 0 amide bonds. The lowest BCUT2D eigenvalue weighted by atomic mass is 9.91. The van der Waals surface area contributed by atoms with Crippen molar-refractivity contribution in [1.29, 1.82) is 0 Å². The molecule has 0 aromatic heterocycles. The summed E-state index contributed by atoms with van der Waals surface area (Å²) in [4.78, 5) is 0. The molecular formula is C26H32N2Si. The van der Waals surface area contributed by atoms with E-state index in [4.69, 9.17) is 0 Å². The van der Waals surface area contributed by atoms with Crippen molar-refractivity contribution in [2.75, 3.05) is 9.88 Å². The van der Waals surface area contributed by atoms with E-state index in [2.05, 4.69) is 110 Å². The fourth-order valence-corrected chi connectivity index (χ4v) is 11.1. The first-order valence-electron chi connectivity index (χ1n) is 11.1. The van der Waals surface area contributed by atoms with E-state index in [-0.39, 0.29) is 0 Å². The van der Waals surface area contributed by atoms with E-state index < -0.39 is 8.24 Å². The molecule has 3 aliphatic rings. The van der Waals surface area contributed by atoms with Crippen molar-refractivity contribution in [3.05, 3.63) is 72.8 Å². The number of nitrogens with zero attached hydrogens (tertiary/aromatic N) is 1. The first kappa shape index (κ1) is 18.7. The molecule has 2 aromatic rings. The highest BCUT2D eigenvalue weighted by molar-refractivity contribution is 6.84. The normalized spacial score (nSPS) is 27.4. The number of para-hydroxylation sites is 4. The molecule has 0 spiro atoms. The maximum atomic E-state index is 3.68. The van der Waals surface area contributed by atoms with Crippen LogP contribution in [0.3, 0.4) is 0 Å². The van der Waals surface area contributed by atoms with Crippen LogP contribution in [0.4, 0.5) is 22.7 Å². The second-order valence-corrected chi connectivity index (χ2v) is 14.2. The van der Waals surface area contributed by atoms with Crippen molar-refractivity contribution in [2.24, 2.45) is 23.7 Å². The first-order chi connectivity index (χ1) is 14.0. The van der Waals surface area contributed by atoms with Crippen LogP contribution in [0.15, 0.2) is 72.8 Å². The van der Waals surface area contributed by atoms with Gasteiger partial charge in [0.1, 0.15) is 0 Å². The summed E-state index contributed by atoms with van der Waals surface area (Å²) in [6, 6.07) is 17.7. The monoisotopic (exact) mass is 400 g/mol. The Bertz CT molecular complexity index is 929. The van der Waals surface area contributed by atoms with E-state index in [0.717, 1.165) is 11.5 Å². The van der Waals surface area contributed by atoms with Gasteiger partial charge >= 0.3 is 0 Å². The Morgan fingerprint density at radius 3 is 2.10 bits per heavy atom. The quantitative estimate of drug-likeness (QED) is 0.537. The molecule has 3 heteroatoms. The summed E-state index contributed by atoms with van der Waals surface area (Å²) in [5.41, 5.74) is 5.91. The minimum absolute atomic E-state index is 0.670. The van der Waals surface area contributed by atoms with Crippen molar-refractivity contribution in [2.45, 2.75) is 38.9 Å². The average molecular weight is 401 g/mol. The molecule has 29 heavy (non-hydrogen) atoms. The average Bonchev–Trinajstić information content (AvgIpc) is 3.12. The van der Waals surface area contributed by atoms with Gasteiger partial charge in [-0.25, -0.2) is 0 Å². The van der Waals surface area contributed by atoms with E-state index in [9.17, 15) is 0 Å². The van der Waals surface area contributed by atoms with Gasteiger partial charge in [0.2, 0.25) is 0 Å². The molecule has 1 heterocycles. The van der Waals surface area contributed by atoms with E-state index in [0.29, 0.717) is 17.8 Å². The van der Waals surface area contributed by atoms with Gasteiger partial charge in [0.05, 0.1) is 22.7 Å². The number of fused-ring (bicyclic) bond motifs is 3. The van der Waals surface area contributed by atoms with Crippen LogP contribution in [0.5, 0.6) is 0 Å². The Labute approximate surface area is 176 Å². The number of rotatable bonds is 3. The van der Waals surface area contributed by atoms with E-state index in [1.807, 2.05) is 0 Å². The Morgan fingerprint density at radius 2 is 1.48 bits per heavy atom. The van der Waals surface area contributed by atoms with Crippen molar-refractivity contribution >= 4 is 31.0 Å². The molecule has 2 aliphatic carbocycles. The third-order valence-electron chi connectivity index (χ3n) is 7.53. The molecule has 1 N–H and O–H groups in total. The van der Waals surface area contributed by atoms with Gasteiger partial charge in [-0.1, -0.05) is 75.5 Å². The molecule has 4 atom stereocenters. The summed E-state index contributed by atoms with van der Waals surface area (Å²) >= 11 is 0. The van der Waals surface area contributed by atoms with Gasteiger partial charge in [0.15, 0.2) is 8.24 Å². The van der Waals surface area contributed by atoms with E-state index >= 15 is 0 Å². The largest absolute Gasteiger partial charge is 0.366 e. The highest BCUT2D eigenvalue weighted by atomic mass is 28.3. The molecule has 2 nitrogen and oxygen atoms in total. The van der Waals surface area contributed by atoms with Crippen molar-refractivity contribution in [1.82, 2.24) is 0 Å². The van der Waals surface area contributed by atoms with Crippen LogP contribution in [0, 0.1) is 23.7 Å². The number of hydrogen-bond donors (Lipinski definition) is 1. The van der Waals surface area contributed by atoms with Crippen LogP contribution in [0.25, 0.3) is 0 Å². The zero-order chi connectivity index (χ0) is 20.2. The Kier molecular flexibility index (Phi) is 4.47. The zero-order valence-electron chi connectivity index (χ0n) is 18.0. The third kappa shape index (κ3) is 2.90. The topological polar surface area (TPSA) is 15.3 Å². The molecule has 1 saturated carbocycles. The van der Waals surface area contributed by atoms with Crippen molar-refractivity contribution in [3.63, 3.8) is 0 Å². The Hall–Kier alpha value is -2.26. The number of allylic oxidation sites excluding steroid dienone is 4. The summed E-state index contributed by atoms with van der Waals surface area (Å²) in [7, 11) is -1.90. The standard InChI is InChI=1S/C26H32N2Si/c1-18(2)21-17-19-11-5-6-12-20(19)26(21)29(3,4)28-24-15-9-7-13-22(24)27-23-14-8-10-16-25(23)28/h5-16,18-21,26-27H,17H2,1-4H3/t19-,20-,21-,26?/m0/s1. The second kappa shape index (κ2) is 6.91. The molecule has 0 radical (unpaired) electrons. The lowest BCUT2D eigenvalue weighted by Gasteiger charge is -2.50. The molecular weight excluding hydrogens is 368 g/mol. The third-order valence-corrected chi connectivity index (χ3v) is 11.6. The van der Waals surface area contributed by atoms with Crippen LogP contribution < -0.4 is 9.88 Å². The number of nitrogens with one attached hydrogen (secondary N) is 1. The number of anilines is 4. The summed E-state index contributed by atoms with van der Waals surface area (Å²) in [5, 5.41) is 3.68. The molecule has 1 unspecified atom stereocenters. The van der Waals surface area contributed by atoms with Crippen molar-refractivity contribution in [3.8, 4) is 0 Å². The molecule has 1 aliphatic heterocycles. The van der Waals surface area contributed by atoms with Crippen LogP contribution in [-0.2, 0) is 0 Å². The molecule has 150 valence electrons. The maximum Gasteiger partial charge on any atom is 0.160 e. The predicted octanol–water partition coefficient (Wildman–Crippen LogP) is 7.49. The molecule has 0 saturated heterocycles. The summed E-state index contributed by atoms with van der Waals surface area (Å²) in [6.07, 6.45) is 10.9. The lowest BCUT2D eigenvalue weighted by molar-refractivity contribution is 0.378. The second-order valence-electron chi connectivity index (χ2n) is 9.83. The molecule has 1 fully saturated rings. The fraction of sp³-hybridized carbons (Fsp3) is 0.385. The lowest BCUT2D eigenvalue weighted by Crippen LogP contribution is -2.54. The maximum absolute atomic E-state index is 3.68. The Balaban J connectivity index is 1.66. The van der Waals surface area contributed by atoms with Gasteiger partial charge in [-0.05, 0) is 59.9 Å². The number of benzene rings is 2. The van der Waals surface area contributed by atoms with Crippen LogP contribution in [0.1, 0.15) is 20.3 Å². The van der Waals surface area contributed by atoms with Crippen LogP contribution in [-0.4, -0.2) is 8.24 Å². The molecule has 5 rings (SSSR count).